The third-order valence-corrected chi connectivity index (χ3v) is 2.90. The second kappa shape index (κ2) is 2.90. The number of rotatable bonds is 0. The maximum atomic E-state index is 6.02. The van der Waals surface area contributed by atoms with Crippen LogP contribution in [0.15, 0.2) is 36.4 Å². The predicted octanol–water partition coefficient (Wildman–Crippen LogP) is 2.42. The van der Waals surface area contributed by atoms with Crippen LogP contribution in [0.25, 0.3) is 21.8 Å². The van der Waals surface area contributed by atoms with E-state index in [1.54, 1.807) is 0 Å². The van der Waals surface area contributed by atoms with Crippen LogP contribution in [-0.4, -0.2) is 12.8 Å². The Morgan fingerprint density at radius 1 is 1.07 bits per heavy atom. The second-order valence-electron chi connectivity index (χ2n) is 3.89. The van der Waals surface area contributed by atoms with Crippen LogP contribution in [0, 0.1) is 6.92 Å². The van der Waals surface area contributed by atoms with Gasteiger partial charge in [-0.3, -0.25) is 0 Å². The average molecular weight is 191 g/mol. The molecule has 0 unspecified atom stereocenters. The summed E-state index contributed by atoms with van der Waals surface area (Å²) in [5.41, 5.74) is 4.37. The molecule has 0 bridgehead atoms. The van der Waals surface area contributed by atoms with Gasteiger partial charge in [0, 0.05) is 21.8 Å². The van der Waals surface area contributed by atoms with Gasteiger partial charge in [-0.15, -0.1) is 0 Å². The minimum Gasteiger partial charge on any atom is -0.354 e. The highest BCUT2D eigenvalue weighted by molar-refractivity contribution is 6.41. The van der Waals surface area contributed by atoms with Crippen LogP contribution in [0.5, 0.6) is 0 Å². The van der Waals surface area contributed by atoms with E-state index in [1.165, 1.54) is 10.9 Å². The topological polar surface area (TPSA) is 15.8 Å². The molecule has 0 amide bonds. The number of aromatic nitrogens is 1. The van der Waals surface area contributed by atoms with Crippen LogP contribution in [0.2, 0.25) is 0 Å². The Balaban J connectivity index is 2.66. The Labute approximate surface area is 89.5 Å². The summed E-state index contributed by atoms with van der Waals surface area (Å²) in [6, 6.07) is 12.3. The number of fused-ring (bicyclic) bond motifs is 3. The van der Waals surface area contributed by atoms with Gasteiger partial charge in [0.2, 0.25) is 0 Å². The van der Waals surface area contributed by atoms with E-state index in [1.807, 2.05) is 24.3 Å². The molecule has 3 rings (SSSR count). The highest BCUT2D eigenvalue weighted by Crippen LogP contribution is 2.25. The van der Waals surface area contributed by atoms with E-state index in [4.69, 9.17) is 7.85 Å². The van der Waals surface area contributed by atoms with Crippen molar-refractivity contribution in [2.75, 3.05) is 0 Å². The van der Waals surface area contributed by atoms with Crippen molar-refractivity contribution >= 4 is 35.1 Å². The van der Waals surface area contributed by atoms with Gasteiger partial charge in [-0.1, -0.05) is 35.8 Å². The molecule has 0 saturated carbocycles. The normalized spacial score (nSPS) is 11.3. The minimum atomic E-state index is 0.841. The van der Waals surface area contributed by atoms with E-state index in [9.17, 15) is 0 Å². The van der Waals surface area contributed by atoms with E-state index < -0.39 is 0 Å². The summed E-state index contributed by atoms with van der Waals surface area (Å²) in [6.07, 6.45) is 0. The molecule has 0 aliphatic heterocycles. The molecule has 3 aromatic rings. The Bertz CT molecular complexity index is 652. The first-order valence-electron chi connectivity index (χ1n) is 5.03. The first-order valence-corrected chi connectivity index (χ1v) is 5.03. The fraction of sp³-hybridized carbons (Fsp3) is 0.0769. The van der Waals surface area contributed by atoms with E-state index in [2.05, 4.69) is 24.0 Å². The van der Waals surface area contributed by atoms with E-state index in [0.717, 1.165) is 21.9 Å². The van der Waals surface area contributed by atoms with Gasteiger partial charge < -0.3 is 4.98 Å². The molecule has 1 nitrogen and oxygen atoms in total. The molecule has 0 aliphatic rings. The van der Waals surface area contributed by atoms with Gasteiger partial charge in [0.15, 0.2) is 0 Å². The number of benzene rings is 2. The zero-order valence-electron chi connectivity index (χ0n) is 8.54. The molecule has 0 fully saturated rings. The Morgan fingerprint density at radius 2 is 1.87 bits per heavy atom. The number of para-hydroxylation sites is 1. The van der Waals surface area contributed by atoms with Crippen LogP contribution in [0.3, 0.4) is 0 Å². The summed E-state index contributed by atoms with van der Waals surface area (Å²) in [6.45, 7) is 2.09. The van der Waals surface area contributed by atoms with Gasteiger partial charge in [-0.05, 0) is 18.6 Å². The number of nitrogens with one attached hydrogen (secondary N) is 1. The predicted molar refractivity (Wildman–Crippen MR) is 65.9 cm³/mol. The van der Waals surface area contributed by atoms with Crippen molar-refractivity contribution in [2.24, 2.45) is 0 Å². The zero-order chi connectivity index (χ0) is 10.4. The largest absolute Gasteiger partial charge is 0.354 e. The van der Waals surface area contributed by atoms with Crippen LogP contribution in [0.4, 0.5) is 0 Å². The number of hydrogen-bond acceptors (Lipinski definition) is 0. The minimum absolute atomic E-state index is 0.841. The maximum absolute atomic E-state index is 6.02. The third kappa shape index (κ3) is 1.11. The lowest BCUT2D eigenvalue weighted by Crippen LogP contribution is -2.02. The lowest BCUT2D eigenvalue weighted by molar-refractivity contribution is 1.46. The summed E-state index contributed by atoms with van der Waals surface area (Å²) in [7, 11) is 6.02. The van der Waals surface area contributed by atoms with Crippen molar-refractivity contribution in [1.29, 1.82) is 0 Å². The Morgan fingerprint density at radius 3 is 2.73 bits per heavy atom. The monoisotopic (exact) mass is 191 g/mol. The molecular weight excluding hydrogens is 181 g/mol. The zero-order valence-corrected chi connectivity index (χ0v) is 8.54. The molecule has 15 heavy (non-hydrogen) atoms. The molecular formula is C13H10BN. The summed E-state index contributed by atoms with van der Waals surface area (Å²) in [5, 5.41) is 2.35. The molecule has 0 spiro atoms. The highest BCUT2D eigenvalue weighted by atomic mass is 14.7. The fourth-order valence-corrected chi connectivity index (χ4v) is 2.12. The lowest BCUT2D eigenvalue weighted by atomic mass is 9.90. The Hall–Kier alpha value is -1.70. The van der Waals surface area contributed by atoms with Gasteiger partial charge in [0.1, 0.15) is 7.85 Å². The molecule has 2 heteroatoms. The molecule has 2 radical (unpaired) electrons. The summed E-state index contributed by atoms with van der Waals surface area (Å²) in [5.74, 6) is 0. The van der Waals surface area contributed by atoms with Crippen molar-refractivity contribution in [2.45, 2.75) is 6.92 Å². The number of hydrogen-bond donors (Lipinski definition) is 1. The number of aryl methyl sites for hydroxylation is 1. The summed E-state index contributed by atoms with van der Waals surface area (Å²) >= 11 is 0. The quantitative estimate of drug-likeness (QED) is 0.525. The molecule has 2 aromatic carbocycles. The third-order valence-electron chi connectivity index (χ3n) is 2.90. The standard InChI is InChI=1S/C13H10BN/c1-8-6-7-10(14)12-9-4-2-3-5-11(9)15-13(8)12/h2-7,15H,1H3. The van der Waals surface area contributed by atoms with E-state index in [0.29, 0.717) is 0 Å². The van der Waals surface area contributed by atoms with E-state index in [-0.39, 0.29) is 0 Å². The smallest absolute Gasteiger partial charge is 0.114 e. The fourth-order valence-electron chi connectivity index (χ4n) is 2.12. The number of aromatic amines is 1. The SMILES string of the molecule is [B]c1ccc(C)c2[nH]c3ccccc3c12. The van der Waals surface area contributed by atoms with Crippen LogP contribution >= 0.6 is 0 Å². The second-order valence-corrected chi connectivity index (χ2v) is 3.89. The van der Waals surface area contributed by atoms with Crippen molar-refractivity contribution in [3.8, 4) is 0 Å². The van der Waals surface area contributed by atoms with Crippen LogP contribution in [0.1, 0.15) is 5.56 Å². The molecule has 0 saturated heterocycles. The van der Waals surface area contributed by atoms with Crippen molar-refractivity contribution in [1.82, 2.24) is 4.98 Å². The molecule has 0 atom stereocenters. The van der Waals surface area contributed by atoms with Gasteiger partial charge in [-0.2, -0.15) is 0 Å². The van der Waals surface area contributed by atoms with Crippen molar-refractivity contribution < 1.29 is 0 Å². The van der Waals surface area contributed by atoms with Crippen molar-refractivity contribution in [3.05, 3.63) is 42.0 Å². The van der Waals surface area contributed by atoms with Crippen LogP contribution < -0.4 is 5.46 Å². The Kier molecular flexibility index (Phi) is 1.66. The van der Waals surface area contributed by atoms with Crippen molar-refractivity contribution in [3.63, 3.8) is 0 Å². The molecule has 1 aromatic heterocycles. The molecule has 70 valence electrons. The number of H-pyrrole nitrogens is 1. The lowest BCUT2D eigenvalue weighted by Gasteiger charge is -2.00. The summed E-state index contributed by atoms with van der Waals surface area (Å²) < 4.78 is 0. The van der Waals surface area contributed by atoms with Gasteiger partial charge in [0.05, 0.1) is 0 Å². The van der Waals surface area contributed by atoms with Crippen LogP contribution in [-0.2, 0) is 0 Å². The summed E-state index contributed by atoms with van der Waals surface area (Å²) in [4.78, 5) is 3.41. The highest BCUT2D eigenvalue weighted by Gasteiger charge is 2.06. The first kappa shape index (κ1) is 8.60. The average Bonchev–Trinajstić information content (AvgIpc) is 2.64. The first-order chi connectivity index (χ1) is 7.27. The molecule has 1 N–H and O–H groups in total. The molecule has 0 aliphatic carbocycles. The molecule has 1 heterocycles. The van der Waals surface area contributed by atoms with E-state index >= 15 is 0 Å². The maximum Gasteiger partial charge on any atom is 0.114 e. The van der Waals surface area contributed by atoms with Gasteiger partial charge in [-0.25, -0.2) is 0 Å². The van der Waals surface area contributed by atoms with Gasteiger partial charge in [0.25, 0.3) is 0 Å². The van der Waals surface area contributed by atoms with Gasteiger partial charge >= 0.3 is 0 Å².